The Morgan fingerprint density at radius 3 is 2.28 bits per heavy atom. The quantitative estimate of drug-likeness (QED) is 0.838. The summed E-state index contributed by atoms with van der Waals surface area (Å²) in [5.41, 5.74) is 0.220. The fourth-order valence-electron chi connectivity index (χ4n) is 1.94. The van der Waals surface area contributed by atoms with Crippen molar-refractivity contribution < 1.29 is 14.3 Å². The van der Waals surface area contributed by atoms with Gasteiger partial charge in [0.05, 0.1) is 11.8 Å². The summed E-state index contributed by atoms with van der Waals surface area (Å²) < 4.78 is 10.9. The second-order valence-corrected chi connectivity index (χ2v) is 6.72. The van der Waals surface area contributed by atoms with E-state index in [9.17, 15) is 4.79 Å². The molecule has 2 rings (SSSR count). The van der Waals surface area contributed by atoms with Gasteiger partial charge in [-0.1, -0.05) is 12.1 Å². The number of nitrogens with zero attached hydrogens (tertiary/aromatic N) is 2. The van der Waals surface area contributed by atoms with Crippen molar-refractivity contribution in [3.8, 4) is 5.75 Å². The van der Waals surface area contributed by atoms with Gasteiger partial charge in [-0.3, -0.25) is 5.32 Å². The fraction of sp³-hybridized carbons (Fsp3) is 0.389. The van der Waals surface area contributed by atoms with Crippen LogP contribution in [0.1, 0.15) is 34.6 Å². The summed E-state index contributed by atoms with van der Waals surface area (Å²) in [5.74, 6) is 1.58. The number of amides is 1. The maximum atomic E-state index is 11.7. The van der Waals surface area contributed by atoms with E-state index in [0.717, 1.165) is 11.4 Å². The number of benzene rings is 1. The molecule has 0 saturated carbocycles. The first kappa shape index (κ1) is 18.5. The van der Waals surface area contributed by atoms with Gasteiger partial charge >= 0.3 is 6.09 Å². The number of ether oxygens (including phenoxy) is 2. The van der Waals surface area contributed by atoms with E-state index < -0.39 is 11.7 Å². The number of para-hydroxylation sites is 2. The highest BCUT2D eigenvalue weighted by Gasteiger charge is 2.16. The predicted octanol–water partition coefficient (Wildman–Crippen LogP) is 4.35. The van der Waals surface area contributed by atoms with Crippen LogP contribution < -0.4 is 15.4 Å². The van der Waals surface area contributed by atoms with Crippen molar-refractivity contribution in [2.45, 2.75) is 46.3 Å². The van der Waals surface area contributed by atoms with E-state index in [2.05, 4.69) is 20.8 Å². The molecule has 0 atom stereocenters. The Kier molecular flexibility index (Phi) is 5.80. The lowest BCUT2D eigenvalue weighted by atomic mass is 10.2. The van der Waals surface area contributed by atoms with E-state index in [4.69, 9.17) is 9.47 Å². The number of hydrogen-bond acceptors (Lipinski definition) is 6. The van der Waals surface area contributed by atoms with Crippen LogP contribution in [0.3, 0.4) is 0 Å². The molecule has 7 heteroatoms. The molecule has 0 aliphatic rings. The minimum Gasteiger partial charge on any atom is -0.489 e. The van der Waals surface area contributed by atoms with Gasteiger partial charge in [0.25, 0.3) is 0 Å². The Hall–Kier alpha value is -2.83. The van der Waals surface area contributed by atoms with Gasteiger partial charge in [-0.25, -0.2) is 4.79 Å². The van der Waals surface area contributed by atoms with Crippen molar-refractivity contribution in [2.24, 2.45) is 0 Å². The second kappa shape index (κ2) is 7.83. The number of rotatable bonds is 5. The van der Waals surface area contributed by atoms with Crippen LogP contribution in [0.2, 0.25) is 0 Å². The Balaban J connectivity index is 2.03. The van der Waals surface area contributed by atoms with Crippen molar-refractivity contribution >= 4 is 23.4 Å². The van der Waals surface area contributed by atoms with Gasteiger partial charge in [-0.05, 0) is 58.9 Å². The molecular formula is C18H24N4O3. The van der Waals surface area contributed by atoms with E-state index in [1.54, 1.807) is 32.9 Å². The molecule has 0 aliphatic heterocycles. The third kappa shape index (κ3) is 6.29. The molecule has 134 valence electrons. The molecule has 0 fully saturated rings. The van der Waals surface area contributed by atoms with Crippen LogP contribution >= 0.6 is 0 Å². The Morgan fingerprint density at radius 1 is 1.04 bits per heavy atom. The molecule has 1 aromatic carbocycles. The summed E-state index contributed by atoms with van der Waals surface area (Å²) in [4.78, 5) is 11.7. The van der Waals surface area contributed by atoms with Crippen molar-refractivity contribution in [3.63, 3.8) is 0 Å². The molecular weight excluding hydrogens is 320 g/mol. The number of hydrogen-bond donors (Lipinski definition) is 2. The molecule has 0 aliphatic carbocycles. The minimum atomic E-state index is -0.571. The Bertz CT molecular complexity index is 709. The van der Waals surface area contributed by atoms with Gasteiger partial charge in [0.1, 0.15) is 11.4 Å². The smallest absolute Gasteiger partial charge is 0.413 e. The molecule has 25 heavy (non-hydrogen) atoms. The number of carbonyl (C=O) groups excluding carboxylic acids is 1. The van der Waals surface area contributed by atoms with Gasteiger partial charge in [0.2, 0.25) is 0 Å². The summed E-state index contributed by atoms with van der Waals surface area (Å²) >= 11 is 0. The molecule has 0 saturated heterocycles. The fourth-order valence-corrected chi connectivity index (χ4v) is 1.94. The number of anilines is 3. The standard InChI is InChI=1S/C18H24N4O3/c1-12(2)24-14-9-7-6-8-13(14)19-15-10-11-16(22-21-15)20-17(23)25-18(3,4)5/h6-12H,1-5H3,(H,19,21)(H,20,22,23). The van der Waals surface area contributed by atoms with Crippen LogP contribution in [-0.2, 0) is 4.74 Å². The molecule has 2 aromatic rings. The highest BCUT2D eigenvalue weighted by Crippen LogP contribution is 2.27. The summed E-state index contributed by atoms with van der Waals surface area (Å²) in [6.45, 7) is 9.31. The van der Waals surface area contributed by atoms with E-state index in [0.29, 0.717) is 11.6 Å². The lowest BCUT2D eigenvalue weighted by Gasteiger charge is -2.19. The summed E-state index contributed by atoms with van der Waals surface area (Å²) in [5, 5.41) is 13.7. The Labute approximate surface area is 147 Å². The molecule has 0 radical (unpaired) electrons. The first-order chi connectivity index (χ1) is 11.7. The zero-order chi connectivity index (χ0) is 18.4. The van der Waals surface area contributed by atoms with Crippen molar-refractivity contribution in [1.82, 2.24) is 10.2 Å². The molecule has 1 aromatic heterocycles. The Morgan fingerprint density at radius 2 is 1.68 bits per heavy atom. The van der Waals surface area contributed by atoms with Crippen LogP contribution in [0.15, 0.2) is 36.4 Å². The highest BCUT2D eigenvalue weighted by molar-refractivity contribution is 5.83. The maximum absolute atomic E-state index is 11.7. The molecule has 0 unspecified atom stereocenters. The molecule has 1 heterocycles. The van der Waals surface area contributed by atoms with Gasteiger partial charge in [0, 0.05) is 0 Å². The van der Waals surface area contributed by atoms with Crippen molar-refractivity contribution in [1.29, 1.82) is 0 Å². The van der Waals surface area contributed by atoms with Crippen LogP contribution in [0.5, 0.6) is 5.75 Å². The van der Waals surface area contributed by atoms with E-state index in [-0.39, 0.29) is 6.10 Å². The van der Waals surface area contributed by atoms with Crippen LogP contribution in [0, 0.1) is 0 Å². The maximum Gasteiger partial charge on any atom is 0.413 e. The monoisotopic (exact) mass is 344 g/mol. The van der Waals surface area contributed by atoms with E-state index in [1.807, 2.05) is 38.1 Å². The largest absolute Gasteiger partial charge is 0.489 e. The van der Waals surface area contributed by atoms with E-state index >= 15 is 0 Å². The highest BCUT2D eigenvalue weighted by atomic mass is 16.6. The zero-order valence-corrected chi connectivity index (χ0v) is 15.2. The molecule has 7 nitrogen and oxygen atoms in total. The second-order valence-electron chi connectivity index (χ2n) is 6.72. The number of aromatic nitrogens is 2. The van der Waals surface area contributed by atoms with Gasteiger partial charge in [-0.2, -0.15) is 0 Å². The lowest BCUT2D eigenvalue weighted by Crippen LogP contribution is -2.27. The zero-order valence-electron chi connectivity index (χ0n) is 15.2. The average Bonchev–Trinajstić information content (AvgIpc) is 2.49. The van der Waals surface area contributed by atoms with Crippen LogP contribution in [0.4, 0.5) is 22.1 Å². The summed E-state index contributed by atoms with van der Waals surface area (Å²) in [6.07, 6.45) is -0.507. The van der Waals surface area contributed by atoms with Gasteiger partial charge in [0.15, 0.2) is 11.6 Å². The number of carbonyl (C=O) groups is 1. The van der Waals surface area contributed by atoms with Crippen LogP contribution in [0.25, 0.3) is 0 Å². The summed E-state index contributed by atoms with van der Waals surface area (Å²) in [7, 11) is 0. The minimum absolute atomic E-state index is 0.0643. The third-order valence-corrected chi connectivity index (χ3v) is 2.81. The van der Waals surface area contributed by atoms with Crippen LogP contribution in [-0.4, -0.2) is 28.0 Å². The predicted molar refractivity (Wildman–Crippen MR) is 97.4 cm³/mol. The SMILES string of the molecule is CC(C)Oc1ccccc1Nc1ccc(NC(=O)OC(C)(C)C)nn1. The average molecular weight is 344 g/mol. The molecule has 0 bridgehead atoms. The van der Waals surface area contributed by atoms with Gasteiger partial charge < -0.3 is 14.8 Å². The topological polar surface area (TPSA) is 85.4 Å². The molecule has 0 spiro atoms. The lowest BCUT2D eigenvalue weighted by molar-refractivity contribution is 0.0635. The normalized spacial score (nSPS) is 11.1. The first-order valence-electron chi connectivity index (χ1n) is 8.09. The van der Waals surface area contributed by atoms with Crippen molar-refractivity contribution in [2.75, 3.05) is 10.6 Å². The number of nitrogens with one attached hydrogen (secondary N) is 2. The van der Waals surface area contributed by atoms with Crippen molar-refractivity contribution in [3.05, 3.63) is 36.4 Å². The molecule has 1 amide bonds. The van der Waals surface area contributed by atoms with Gasteiger partial charge in [-0.15, -0.1) is 10.2 Å². The first-order valence-corrected chi connectivity index (χ1v) is 8.09. The molecule has 2 N–H and O–H groups in total. The summed E-state index contributed by atoms with van der Waals surface area (Å²) in [6, 6.07) is 10.9. The third-order valence-electron chi connectivity index (χ3n) is 2.81. The van der Waals surface area contributed by atoms with E-state index in [1.165, 1.54) is 0 Å².